The van der Waals surface area contributed by atoms with Crippen LogP contribution in [0.15, 0.2) is 24.3 Å². The standard InChI is InChI=1S/C11H16BrN/c1-9-5-3-4-6-11(9)10(2)13-8-7-12/h3-6,10,13H,7-8H2,1-2H3. The van der Waals surface area contributed by atoms with Crippen LogP contribution in [0, 0.1) is 6.92 Å². The number of aryl methyl sites for hydroxylation is 1. The van der Waals surface area contributed by atoms with Gasteiger partial charge in [0.25, 0.3) is 0 Å². The number of hydrogen-bond acceptors (Lipinski definition) is 1. The summed E-state index contributed by atoms with van der Waals surface area (Å²) < 4.78 is 0. The molecule has 0 aliphatic heterocycles. The third-order valence-corrected chi connectivity index (χ3v) is 2.60. The molecule has 0 saturated heterocycles. The first-order chi connectivity index (χ1) is 6.25. The number of hydrogen-bond donors (Lipinski definition) is 1. The summed E-state index contributed by atoms with van der Waals surface area (Å²) in [5.41, 5.74) is 2.75. The Bertz CT molecular complexity index is 260. The SMILES string of the molecule is Cc1ccccc1C(C)NCCBr. The van der Waals surface area contributed by atoms with E-state index in [2.05, 4.69) is 59.4 Å². The van der Waals surface area contributed by atoms with E-state index in [1.165, 1.54) is 11.1 Å². The van der Waals surface area contributed by atoms with E-state index >= 15 is 0 Å². The smallest absolute Gasteiger partial charge is 0.0294 e. The fourth-order valence-corrected chi connectivity index (χ4v) is 1.68. The van der Waals surface area contributed by atoms with Gasteiger partial charge in [-0.2, -0.15) is 0 Å². The van der Waals surface area contributed by atoms with Crippen LogP contribution >= 0.6 is 15.9 Å². The van der Waals surface area contributed by atoms with Crippen LogP contribution in [-0.4, -0.2) is 11.9 Å². The zero-order valence-corrected chi connectivity index (χ0v) is 9.76. The predicted octanol–water partition coefficient (Wildman–Crippen LogP) is 3.04. The van der Waals surface area contributed by atoms with Crippen molar-refractivity contribution in [2.75, 3.05) is 11.9 Å². The maximum Gasteiger partial charge on any atom is 0.0294 e. The fraction of sp³-hybridized carbons (Fsp3) is 0.455. The summed E-state index contributed by atoms with van der Waals surface area (Å²) in [6, 6.07) is 8.95. The molecular weight excluding hydrogens is 226 g/mol. The van der Waals surface area contributed by atoms with E-state index in [0.29, 0.717) is 6.04 Å². The lowest BCUT2D eigenvalue weighted by Crippen LogP contribution is -2.21. The Kier molecular flexibility index (Phi) is 4.46. The molecule has 0 fully saturated rings. The Balaban J connectivity index is 2.65. The molecule has 1 unspecified atom stereocenters. The molecule has 0 radical (unpaired) electrons. The highest BCUT2D eigenvalue weighted by Gasteiger charge is 2.05. The summed E-state index contributed by atoms with van der Waals surface area (Å²) in [5.74, 6) is 0. The van der Waals surface area contributed by atoms with Crippen molar-refractivity contribution in [3.05, 3.63) is 35.4 Å². The molecule has 0 amide bonds. The molecule has 1 N–H and O–H groups in total. The van der Waals surface area contributed by atoms with Crippen molar-refractivity contribution >= 4 is 15.9 Å². The molecule has 1 atom stereocenters. The Morgan fingerprint density at radius 3 is 2.69 bits per heavy atom. The van der Waals surface area contributed by atoms with Gasteiger partial charge in [0.1, 0.15) is 0 Å². The van der Waals surface area contributed by atoms with E-state index in [1.807, 2.05) is 0 Å². The van der Waals surface area contributed by atoms with Gasteiger partial charge >= 0.3 is 0 Å². The largest absolute Gasteiger partial charge is 0.309 e. The van der Waals surface area contributed by atoms with E-state index < -0.39 is 0 Å². The maximum atomic E-state index is 3.44. The molecule has 1 aromatic carbocycles. The molecule has 0 heterocycles. The molecular formula is C11H16BrN. The van der Waals surface area contributed by atoms with Gasteiger partial charge in [-0.05, 0) is 25.0 Å². The van der Waals surface area contributed by atoms with E-state index in [1.54, 1.807) is 0 Å². The van der Waals surface area contributed by atoms with Crippen LogP contribution in [0.25, 0.3) is 0 Å². The van der Waals surface area contributed by atoms with Gasteiger partial charge in [0.2, 0.25) is 0 Å². The highest BCUT2D eigenvalue weighted by Crippen LogP contribution is 2.16. The van der Waals surface area contributed by atoms with E-state index in [9.17, 15) is 0 Å². The van der Waals surface area contributed by atoms with Gasteiger partial charge in [0.05, 0.1) is 0 Å². The Hall–Kier alpha value is -0.340. The molecule has 0 aromatic heterocycles. The lowest BCUT2D eigenvalue weighted by Gasteiger charge is -2.15. The quantitative estimate of drug-likeness (QED) is 0.800. The van der Waals surface area contributed by atoms with Crippen LogP contribution in [-0.2, 0) is 0 Å². The first-order valence-corrected chi connectivity index (χ1v) is 5.72. The van der Waals surface area contributed by atoms with E-state index in [0.717, 1.165) is 11.9 Å². The van der Waals surface area contributed by atoms with Gasteiger partial charge in [0.15, 0.2) is 0 Å². The van der Waals surface area contributed by atoms with Gasteiger partial charge in [-0.15, -0.1) is 0 Å². The van der Waals surface area contributed by atoms with Gasteiger partial charge in [-0.3, -0.25) is 0 Å². The predicted molar refractivity (Wildman–Crippen MR) is 61.4 cm³/mol. The van der Waals surface area contributed by atoms with E-state index in [-0.39, 0.29) is 0 Å². The maximum absolute atomic E-state index is 3.44. The summed E-state index contributed by atoms with van der Waals surface area (Å²) in [4.78, 5) is 0. The molecule has 13 heavy (non-hydrogen) atoms. The molecule has 72 valence electrons. The zero-order valence-electron chi connectivity index (χ0n) is 8.18. The van der Waals surface area contributed by atoms with Crippen molar-refractivity contribution in [2.24, 2.45) is 0 Å². The summed E-state index contributed by atoms with van der Waals surface area (Å²) in [6.07, 6.45) is 0. The topological polar surface area (TPSA) is 12.0 Å². The van der Waals surface area contributed by atoms with Crippen LogP contribution in [0.1, 0.15) is 24.1 Å². The first-order valence-electron chi connectivity index (χ1n) is 4.60. The summed E-state index contributed by atoms with van der Waals surface area (Å²) >= 11 is 3.41. The minimum Gasteiger partial charge on any atom is -0.309 e. The second-order valence-electron chi connectivity index (χ2n) is 3.22. The summed E-state index contributed by atoms with van der Waals surface area (Å²) in [5, 5.41) is 4.45. The molecule has 0 aliphatic carbocycles. The number of nitrogens with one attached hydrogen (secondary N) is 1. The third kappa shape index (κ3) is 3.12. The van der Waals surface area contributed by atoms with Crippen LogP contribution in [0.3, 0.4) is 0 Å². The highest BCUT2D eigenvalue weighted by molar-refractivity contribution is 9.09. The molecule has 0 aliphatic rings. The van der Waals surface area contributed by atoms with Crippen molar-refractivity contribution in [3.63, 3.8) is 0 Å². The molecule has 0 bridgehead atoms. The van der Waals surface area contributed by atoms with Crippen LogP contribution in [0.4, 0.5) is 0 Å². The minimum absolute atomic E-state index is 0.443. The molecule has 2 heteroatoms. The Labute approximate surface area is 88.7 Å². The number of alkyl halides is 1. The third-order valence-electron chi connectivity index (χ3n) is 2.20. The second-order valence-corrected chi connectivity index (χ2v) is 4.01. The van der Waals surface area contributed by atoms with Crippen molar-refractivity contribution in [1.29, 1.82) is 0 Å². The zero-order chi connectivity index (χ0) is 9.68. The highest BCUT2D eigenvalue weighted by atomic mass is 79.9. The van der Waals surface area contributed by atoms with Gasteiger partial charge in [-0.25, -0.2) is 0 Å². The molecule has 0 spiro atoms. The lowest BCUT2D eigenvalue weighted by molar-refractivity contribution is 0.599. The average molecular weight is 242 g/mol. The lowest BCUT2D eigenvalue weighted by atomic mass is 10.0. The summed E-state index contributed by atoms with van der Waals surface area (Å²) in [6.45, 7) is 5.36. The average Bonchev–Trinajstić information content (AvgIpc) is 2.15. The van der Waals surface area contributed by atoms with E-state index in [4.69, 9.17) is 0 Å². The van der Waals surface area contributed by atoms with Crippen molar-refractivity contribution in [3.8, 4) is 0 Å². The summed E-state index contributed by atoms with van der Waals surface area (Å²) in [7, 11) is 0. The van der Waals surface area contributed by atoms with Gasteiger partial charge in [0, 0.05) is 17.9 Å². The van der Waals surface area contributed by atoms with Crippen LogP contribution in [0.2, 0.25) is 0 Å². The normalized spacial score (nSPS) is 12.8. The fourth-order valence-electron chi connectivity index (χ4n) is 1.45. The minimum atomic E-state index is 0.443. The molecule has 1 rings (SSSR count). The first kappa shape index (κ1) is 10.7. The van der Waals surface area contributed by atoms with Crippen molar-refractivity contribution < 1.29 is 0 Å². The van der Waals surface area contributed by atoms with Gasteiger partial charge < -0.3 is 5.32 Å². The Morgan fingerprint density at radius 1 is 1.38 bits per heavy atom. The monoisotopic (exact) mass is 241 g/mol. The molecule has 1 nitrogen and oxygen atoms in total. The van der Waals surface area contributed by atoms with Crippen molar-refractivity contribution in [2.45, 2.75) is 19.9 Å². The van der Waals surface area contributed by atoms with Gasteiger partial charge in [-0.1, -0.05) is 40.2 Å². The second kappa shape index (κ2) is 5.40. The number of rotatable bonds is 4. The number of benzene rings is 1. The van der Waals surface area contributed by atoms with Crippen LogP contribution in [0.5, 0.6) is 0 Å². The molecule has 1 aromatic rings. The Morgan fingerprint density at radius 2 is 2.08 bits per heavy atom. The van der Waals surface area contributed by atoms with Crippen LogP contribution < -0.4 is 5.32 Å². The van der Waals surface area contributed by atoms with Crippen molar-refractivity contribution in [1.82, 2.24) is 5.32 Å². The molecule has 0 saturated carbocycles. The number of halogens is 1.